The first-order valence-electron chi connectivity index (χ1n) is 7.91. The number of nitrogens with one attached hydrogen (secondary N) is 1. The third-order valence-corrected chi connectivity index (χ3v) is 3.62. The molecule has 0 aliphatic heterocycles. The van der Waals surface area contributed by atoms with Crippen molar-refractivity contribution < 1.29 is 23.8 Å². The van der Waals surface area contributed by atoms with E-state index in [9.17, 15) is 9.59 Å². The van der Waals surface area contributed by atoms with Crippen LogP contribution in [0.25, 0.3) is 0 Å². The lowest BCUT2D eigenvalue weighted by Crippen LogP contribution is -2.21. The van der Waals surface area contributed by atoms with Crippen LogP contribution in [0.15, 0.2) is 42.5 Å². The number of esters is 1. The highest BCUT2D eigenvalue weighted by molar-refractivity contribution is 5.95. The number of hydrogen-bond acceptors (Lipinski definition) is 6. The minimum atomic E-state index is -0.621. The Morgan fingerprint density at radius 1 is 0.962 bits per heavy atom. The topological polar surface area (TPSA) is 77.1 Å². The van der Waals surface area contributed by atoms with Crippen molar-refractivity contribution >= 4 is 23.3 Å². The van der Waals surface area contributed by atoms with Gasteiger partial charge in [0.05, 0.1) is 19.8 Å². The average Bonchev–Trinajstić information content (AvgIpc) is 2.65. The van der Waals surface area contributed by atoms with E-state index in [2.05, 4.69) is 5.32 Å². The number of benzene rings is 2. The van der Waals surface area contributed by atoms with Gasteiger partial charge in [-0.15, -0.1) is 0 Å². The van der Waals surface area contributed by atoms with Gasteiger partial charge in [0.1, 0.15) is 0 Å². The molecule has 1 amide bonds. The van der Waals surface area contributed by atoms with Crippen LogP contribution in [-0.4, -0.2) is 46.8 Å². The van der Waals surface area contributed by atoms with Crippen molar-refractivity contribution in [1.82, 2.24) is 0 Å². The molecule has 0 aliphatic carbocycles. The minimum absolute atomic E-state index is 0.269. The van der Waals surface area contributed by atoms with Gasteiger partial charge in [-0.1, -0.05) is 0 Å². The summed E-state index contributed by atoms with van der Waals surface area (Å²) >= 11 is 0. The highest BCUT2D eigenvalue weighted by atomic mass is 16.5. The maximum Gasteiger partial charge on any atom is 0.338 e. The third-order valence-electron chi connectivity index (χ3n) is 3.62. The molecule has 0 atom stereocenters. The zero-order chi connectivity index (χ0) is 19.1. The molecule has 1 N–H and O–H groups in total. The molecule has 2 aromatic carbocycles. The van der Waals surface area contributed by atoms with Gasteiger partial charge in [-0.25, -0.2) is 4.79 Å². The van der Waals surface area contributed by atoms with Crippen LogP contribution >= 0.6 is 0 Å². The van der Waals surface area contributed by atoms with Crippen LogP contribution in [0.1, 0.15) is 10.4 Å². The zero-order valence-electron chi connectivity index (χ0n) is 15.2. The molecule has 26 heavy (non-hydrogen) atoms. The van der Waals surface area contributed by atoms with Gasteiger partial charge in [0.25, 0.3) is 5.91 Å². The van der Waals surface area contributed by atoms with E-state index in [1.165, 1.54) is 20.3 Å². The van der Waals surface area contributed by atoms with Crippen LogP contribution in [0.5, 0.6) is 11.5 Å². The molecule has 2 aromatic rings. The number of rotatable bonds is 7. The molecule has 0 fully saturated rings. The van der Waals surface area contributed by atoms with Crippen LogP contribution in [0.3, 0.4) is 0 Å². The smallest absolute Gasteiger partial charge is 0.338 e. The number of amides is 1. The van der Waals surface area contributed by atoms with Gasteiger partial charge >= 0.3 is 5.97 Å². The summed E-state index contributed by atoms with van der Waals surface area (Å²) in [5.41, 5.74) is 1.91. The van der Waals surface area contributed by atoms with Gasteiger partial charge in [-0.2, -0.15) is 0 Å². The zero-order valence-corrected chi connectivity index (χ0v) is 15.2. The van der Waals surface area contributed by atoms with E-state index in [1.807, 2.05) is 31.1 Å². The van der Waals surface area contributed by atoms with E-state index in [-0.39, 0.29) is 12.2 Å². The van der Waals surface area contributed by atoms with Gasteiger partial charge in [0.2, 0.25) is 0 Å². The summed E-state index contributed by atoms with van der Waals surface area (Å²) in [6.07, 6.45) is 0. The fraction of sp³-hybridized carbons (Fsp3) is 0.263. The predicted molar refractivity (Wildman–Crippen MR) is 99.2 cm³/mol. The lowest BCUT2D eigenvalue weighted by atomic mass is 10.2. The molecule has 0 bridgehead atoms. The molecule has 0 aromatic heterocycles. The summed E-state index contributed by atoms with van der Waals surface area (Å²) in [6.45, 7) is -0.386. The summed E-state index contributed by atoms with van der Waals surface area (Å²) in [5.74, 6) is -0.129. The van der Waals surface area contributed by atoms with E-state index in [4.69, 9.17) is 14.2 Å². The second-order valence-corrected chi connectivity index (χ2v) is 5.64. The fourth-order valence-corrected chi connectivity index (χ4v) is 2.22. The van der Waals surface area contributed by atoms with Crippen LogP contribution in [0.2, 0.25) is 0 Å². The van der Waals surface area contributed by atoms with Gasteiger partial charge in [-0.3, -0.25) is 4.79 Å². The van der Waals surface area contributed by atoms with Crippen molar-refractivity contribution in [2.75, 3.05) is 45.1 Å². The molecular formula is C19H22N2O5. The van der Waals surface area contributed by atoms with E-state index < -0.39 is 11.9 Å². The van der Waals surface area contributed by atoms with E-state index in [0.717, 1.165) is 5.69 Å². The van der Waals surface area contributed by atoms with Crippen molar-refractivity contribution in [2.45, 2.75) is 0 Å². The second-order valence-electron chi connectivity index (χ2n) is 5.64. The maximum atomic E-state index is 12.1. The average molecular weight is 358 g/mol. The van der Waals surface area contributed by atoms with Gasteiger partial charge in [-0.05, 0) is 42.5 Å². The van der Waals surface area contributed by atoms with Crippen LogP contribution in [0, 0.1) is 0 Å². The van der Waals surface area contributed by atoms with Crippen LogP contribution in [0.4, 0.5) is 11.4 Å². The third kappa shape index (κ3) is 4.89. The van der Waals surface area contributed by atoms with Crippen LogP contribution in [-0.2, 0) is 9.53 Å². The fourth-order valence-electron chi connectivity index (χ4n) is 2.22. The largest absolute Gasteiger partial charge is 0.493 e. The Balaban J connectivity index is 1.91. The number of carbonyl (C=O) groups is 2. The Labute approximate surface area is 152 Å². The monoisotopic (exact) mass is 358 g/mol. The summed E-state index contributed by atoms with van der Waals surface area (Å²) in [6, 6.07) is 12.0. The first kappa shape index (κ1) is 19.1. The lowest BCUT2D eigenvalue weighted by molar-refractivity contribution is -0.119. The SMILES string of the molecule is COc1ccc(C(=O)OCC(=O)Nc2ccc(N(C)C)cc2)cc1OC. The normalized spacial score (nSPS) is 10.0. The Bertz CT molecular complexity index is 772. The van der Waals surface area contributed by atoms with Crippen molar-refractivity contribution in [3.05, 3.63) is 48.0 Å². The number of nitrogens with zero attached hydrogens (tertiary/aromatic N) is 1. The molecule has 7 nitrogen and oxygen atoms in total. The summed E-state index contributed by atoms with van der Waals surface area (Å²) < 4.78 is 15.3. The summed E-state index contributed by atoms with van der Waals surface area (Å²) in [4.78, 5) is 26.0. The van der Waals surface area contributed by atoms with Crippen molar-refractivity contribution in [2.24, 2.45) is 0 Å². The predicted octanol–water partition coefficient (Wildman–Crippen LogP) is 2.57. The molecule has 0 heterocycles. The number of methoxy groups -OCH3 is 2. The molecule has 7 heteroatoms. The lowest BCUT2D eigenvalue weighted by Gasteiger charge is -2.13. The number of carbonyl (C=O) groups excluding carboxylic acids is 2. The van der Waals surface area contributed by atoms with Crippen molar-refractivity contribution in [1.29, 1.82) is 0 Å². The van der Waals surface area contributed by atoms with Gasteiger partial charge < -0.3 is 24.4 Å². The molecule has 0 saturated carbocycles. The number of hydrogen-bond donors (Lipinski definition) is 1. The molecule has 0 radical (unpaired) electrons. The van der Waals surface area contributed by atoms with E-state index in [0.29, 0.717) is 17.2 Å². The Morgan fingerprint density at radius 3 is 2.19 bits per heavy atom. The van der Waals surface area contributed by atoms with E-state index >= 15 is 0 Å². The Hall–Kier alpha value is -3.22. The van der Waals surface area contributed by atoms with Gasteiger partial charge in [0, 0.05) is 25.5 Å². The Morgan fingerprint density at radius 2 is 1.62 bits per heavy atom. The summed E-state index contributed by atoms with van der Waals surface area (Å²) in [7, 11) is 6.84. The standard InChI is InChI=1S/C19H22N2O5/c1-21(2)15-8-6-14(7-9-15)20-18(22)12-26-19(23)13-5-10-16(24-3)17(11-13)25-4/h5-11H,12H2,1-4H3,(H,20,22). The first-order valence-corrected chi connectivity index (χ1v) is 7.91. The van der Waals surface area contributed by atoms with E-state index in [1.54, 1.807) is 24.3 Å². The maximum absolute atomic E-state index is 12.1. The van der Waals surface area contributed by atoms with Crippen LogP contribution < -0.4 is 19.7 Å². The Kier molecular flexibility index (Phi) is 6.43. The molecule has 0 aliphatic rings. The van der Waals surface area contributed by atoms with Gasteiger partial charge in [0.15, 0.2) is 18.1 Å². The molecule has 0 saturated heterocycles. The second kappa shape index (κ2) is 8.75. The minimum Gasteiger partial charge on any atom is -0.493 e. The quantitative estimate of drug-likeness (QED) is 0.767. The number of ether oxygens (including phenoxy) is 3. The first-order chi connectivity index (χ1) is 12.4. The van der Waals surface area contributed by atoms with Crippen molar-refractivity contribution in [3.63, 3.8) is 0 Å². The summed E-state index contributed by atoms with van der Waals surface area (Å²) in [5, 5.41) is 2.68. The molecule has 138 valence electrons. The highest BCUT2D eigenvalue weighted by Crippen LogP contribution is 2.27. The molecule has 2 rings (SSSR count). The molecule has 0 spiro atoms. The number of anilines is 2. The van der Waals surface area contributed by atoms with Crippen molar-refractivity contribution in [3.8, 4) is 11.5 Å². The molecular weight excluding hydrogens is 336 g/mol. The molecule has 0 unspecified atom stereocenters. The highest BCUT2D eigenvalue weighted by Gasteiger charge is 2.13.